The molecule has 2 aromatic carbocycles. The molecule has 0 aliphatic heterocycles. The smallest absolute Gasteiger partial charge is 0.274 e. The zero-order valence-corrected chi connectivity index (χ0v) is 13.6. The van der Waals surface area contributed by atoms with Crippen LogP contribution in [0.15, 0.2) is 60.7 Å². The van der Waals surface area contributed by atoms with Crippen LogP contribution in [0.25, 0.3) is 10.9 Å². The summed E-state index contributed by atoms with van der Waals surface area (Å²) in [6.45, 7) is 1.85. The van der Waals surface area contributed by atoms with Crippen LogP contribution in [-0.2, 0) is 0 Å². The molecule has 3 aromatic rings. The molecule has 1 atom stereocenters. The molecule has 0 aliphatic carbocycles. The molecule has 1 aromatic heterocycles. The highest BCUT2D eigenvalue weighted by molar-refractivity contribution is 5.95. The van der Waals surface area contributed by atoms with Crippen molar-refractivity contribution in [3.8, 4) is 0 Å². The summed E-state index contributed by atoms with van der Waals surface area (Å²) in [6, 6.07) is 17.5. The zero-order chi connectivity index (χ0) is 17.8. The van der Waals surface area contributed by atoms with Gasteiger partial charge in [-0.15, -0.1) is 0 Å². The Labute approximate surface area is 144 Å². The monoisotopic (exact) mass is 335 g/mol. The number of benzene rings is 2. The lowest BCUT2D eigenvalue weighted by atomic mass is 10.1. The van der Waals surface area contributed by atoms with E-state index in [1.807, 2.05) is 37.3 Å². The van der Waals surface area contributed by atoms with E-state index in [1.54, 1.807) is 35.8 Å². The van der Waals surface area contributed by atoms with E-state index in [2.05, 4.69) is 10.3 Å². The maximum absolute atomic E-state index is 12.4. The predicted molar refractivity (Wildman–Crippen MR) is 93.3 cm³/mol. The summed E-state index contributed by atoms with van der Waals surface area (Å²) in [5.74, 6) is -0.848. The Kier molecular flexibility index (Phi) is 4.72. The van der Waals surface area contributed by atoms with Crippen molar-refractivity contribution >= 4 is 22.7 Å². The number of rotatable bonds is 4. The van der Waals surface area contributed by atoms with E-state index >= 15 is 0 Å². The summed E-state index contributed by atoms with van der Waals surface area (Å²) in [5, 5.41) is 12.5. The van der Waals surface area contributed by atoms with Crippen molar-refractivity contribution in [3.05, 3.63) is 77.5 Å². The molecule has 0 aliphatic rings. The van der Waals surface area contributed by atoms with E-state index in [0.29, 0.717) is 11.3 Å². The van der Waals surface area contributed by atoms with Crippen LogP contribution in [0, 0.1) is 0 Å². The molecule has 0 fully saturated rings. The van der Waals surface area contributed by atoms with Crippen LogP contribution in [0.5, 0.6) is 0 Å². The van der Waals surface area contributed by atoms with Gasteiger partial charge in [0.2, 0.25) is 0 Å². The number of pyridine rings is 1. The number of carbonyl (C=O) groups is 2. The van der Waals surface area contributed by atoms with Crippen LogP contribution in [0.1, 0.15) is 39.4 Å². The summed E-state index contributed by atoms with van der Waals surface area (Å²) in [4.78, 5) is 28.1. The number of carbonyl (C=O) groups excluding carboxylic acids is 2. The minimum atomic E-state index is -0.580. The lowest BCUT2D eigenvalue weighted by Gasteiger charge is -2.14. The van der Waals surface area contributed by atoms with Crippen molar-refractivity contribution in [2.75, 3.05) is 0 Å². The van der Waals surface area contributed by atoms with Gasteiger partial charge in [-0.25, -0.2) is 10.5 Å². The molecule has 25 heavy (non-hydrogen) atoms. The number of nitrogens with one attached hydrogen (secondary N) is 2. The Hall–Kier alpha value is -3.25. The zero-order valence-electron chi connectivity index (χ0n) is 13.6. The summed E-state index contributed by atoms with van der Waals surface area (Å²) >= 11 is 0. The minimum absolute atomic E-state index is 0.257. The van der Waals surface area contributed by atoms with Crippen molar-refractivity contribution in [2.45, 2.75) is 13.0 Å². The first-order valence-corrected chi connectivity index (χ1v) is 7.79. The van der Waals surface area contributed by atoms with E-state index < -0.39 is 5.91 Å². The van der Waals surface area contributed by atoms with Gasteiger partial charge in [0.1, 0.15) is 5.69 Å². The van der Waals surface area contributed by atoms with Crippen molar-refractivity contribution in [1.29, 1.82) is 0 Å². The lowest BCUT2D eigenvalue weighted by Crippen LogP contribution is -2.27. The molecule has 0 radical (unpaired) electrons. The quantitative estimate of drug-likeness (QED) is 0.505. The fraction of sp³-hybridized carbons (Fsp3) is 0.105. The molecule has 0 saturated heterocycles. The van der Waals surface area contributed by atoms with E-state index in [0.717, 1.165) is 16.5 Å². The fourth-order valence-corrected chi connectivity index (χ4v) is 2.53. The maximum atomic E-state index is 12.4. The number of amides is 2. The van der Waals surface area contributed by atoms with E-state index in [1.165, 1.54) is 0 Å². The van der Waals surface area contributed by atoms with Gasteiger partial charge in [-0.05, 0) is 36.8 Å². The van der Waals surface area contributed by atoms with Crippen molar-refractivity contribution in [1.82, 2.24) is 15.8 Å². The predicted octanol–water partition coefficient (Wildman–Crippen LogP) is 2.84. The molecule has 0 spiro atoms. The van der Waals surface area contributed by atoms with Crippen LogP contribution in [0.3, 0.4) is 0 Å². The van der Waals surface area contributed by atoms with E-state index in [-0.39, 0.29) is 11.9 Å². The average molecular weight is 335 g/mol. The minimum Gasteiger partial charge on any atom is -0.344 e. The Morgan fingerprint density at radius 3 is 2.40 bits per heavy atom. The molecule has 6 nitrogen and oxygen atoms in total. The number of hydrogen-bond donors (Lipinski definition) is 3. The summed E-state index contributed by atoms with van der Waals surface area (Å²) in [6.07, 6.45) is 0. The molecule has 0 bridgehead atoms. The van der Waals surface area contributed by atoms with Crippen LogP contribution in [0.2, 0.25) is 0 Å². The van der Waals surface area contributed by atoms with Gasteiger partial charge in [-0.2, -0.15) is 0 Å². The third kappa shape index (κ3) is 3.64. The Bertz CT molecular complexity index is 923. The van der Waals surface area contributed by atoms with Crippen LogP contribution < -0.4 is 10.8 Å². The van der Waals surface area contributed by atoms with Gasteiger partial charge in [-0.1, -0.05) is 36.4 Å². The molecule has 2 amide bonds. The van der Waals surface area contributed by atoms with Gasteiger partial charge in [-0.3, -0.25) is 14.8 Å². The van der Waals surface area contributed by atoms with Crippen LogP contribution in [0.4, 0.5) is 0 Å². The number of nitrogens with zero attached hydrogens (tertiary/aromatic N) is 1. The third-order valence-electron chi connectivity index (χ3n) is 3.95. The normalized spacial score (nSPS) is 11.8. The largest absolute Gasteiger partial charge is 0.344 e. The molecule has 126 valence electrons. The third-order valence-corrected chi connectivity index (χ3v) is 3.95. The molecule has 6 heteroatoms. The van der Waals surface area contributed by atoms with Gasteiger partial charge in [0.25, 0.3) is 11.8 Å². The second kappa shape index (κ2) is 7.11. The van der Waals surface area contributed by atoms with Gasteiger partial charge in [0, 0.05) is 10.9 Å². The Morgan fingerprint density at radius 1 is 0.960 bits per heavy atom. The molecule has 0 saturated carbocycles. The SMILES string of the molecule is CC(NC(=O)c1ccc2ccccc2n1)c1ccc(C(=O)NO)cc1. The number of fused-ring (bicyclic) bond motifs is 1. The van der Waals surface area contributed by atoms with E-state index in [4.69, 9.17) is 5.21 Å². The molecule has 1 unspecified atom stereocenters. The van der Waals surface area contributed by atoms with Gasteiger partial charge in [0.15, 0.2) is 0 Å². The van der Waals surface area contributed by atoms with Crippen molar-refractivity contribution in [3.63, 3.8) is 0 Å². The topological polar surface area (TPSA) is 91.3 Å². The van der Waals surface area contributed by atoms with Crippen LogP contribution >= 0.6 is 0 Å². The van der Waals surface area contributed by atoms with E-state index in [9.17, 15) is 9.59 Å². The fourth-order valence-electron chi connectivity index (χ4n) is 2.53. The first-order valence-electron chi connectivity index (χ1n) is 7.79. The second-order valence-electron chi connectivity index (χ2n) is 5.65. The highest BCUT2D eigenvalue weighted by Crippen LogP contribution is 2.16. The summed E-state index contributed by atoms with van der Waals surface area (Å²) in [5.41, 5.74) is 3.87. The molecule has 3 rings (SSSR count). The Balaban J connectivity index is 1.73. The summed E-state index contributed by atoms with van der Waals surface area (Å²) in [7, 11) is 0. The van der Waals surface area contributed by atoms with Gasteiger partial charge >= 0.3 is 0 Å². The second-order valence-corrected chi connectivity index (χ2v) is 5.65. The highest BCUT2D eigenvalue weighted by atomic mass is 16.5. The molecular formula is C19H17N3O3. The molecule has 1 heterocycles. The first-order chi connectivity index (χ1) is 12.1. The first kappa shape index (κ1) is 16.6. The number of para-hydroxylation sites is 1. The van der Waals surface area contributed by atoms with Crippen molar-refractivity contribution in [2.24, 2.45) is 0 Å². The number of hydrogen-bond acceptors (Lipinski definition) is 4. The van der Waals surface area contributed by atoms with Crippen molar-refractivity contribution < 1.29 is 14.8 Å². The standard InChI is InChI=1S/C19H17N3O3/c1-12(13-6-8-15(9-7-13)18(23)22-25)20-19(24)17-11-10-14-4-2-3-5-16(14)21-17/h2-12,25H,1H3,(H,20,24)(H,22,23). The maximum Gasteiger partial charge on any atom is 0.274 e. The molecular weight excluding hydrogens is 318 g/mol. The van der Waals surface area contributed by atoms with Crippen LogP contribution in [-0.4, -0.2) is 22.0 Å². The lowest BCUT2D eigenvalue weighted by molar-refractivity contribution is 0.0706. The average Bonchev–Trinajstić information content (AvgIpc) is 2.67. The number of hydroxylamine groups is 1. The molecule has 3 N–H and O–H groups in total. The highest BCUT2D eigenvalue weighted by Gasteiger charge is 2.14. The number of aromatic nitrogens is 1. The van der Waals surface area contributed by atoms with Gasteiger partial charge < -0.3 is 5.32 Å². The summed E-state index contributed by atoms with van der Waals surface area (Å²) < 4.78 is 0. The Morgan fingerprint density at radius 2 is 1.68 bits per heavy atom. The van der Waals surface area contributed by atoms with Gasteiger partial charge in [0.05, 0.1) is 11.6 Å².